The predicted octanol–water partition coefficient (Wildman–Crippen LogP) is 1.50. The lowest BCUT2D eigenvalue weighted by molar-refractivity contribution is 0.0189. The maximum absolute atomic E-state index is 10.8. The molecule has 8 heteroatoms. The molecule has 1 aliphatic rings. The summed E-state index contributed by atoms with van der Waals surface area (Å²) in [5, 5.41) is 14.5. The van der Waals surface area contributed by atoms with Crippen molar-refractivity contribution >= 4 is 21.9 Å². The Hall–Kier alpha value is -1.54. The Morgan fingerprint density at radius 2 is 2.19 bits per heavy atom. The van der Waals surface area contributed by atoms with Gasteiger partial charge < -0.3 is 14.5 Å². The van der Waals surface area contributed by atoms with Gasteiger partial charge in [-0.15, -0.1) is 0 Å². The summed E-state index contributed by atoms with van der Waals surface area (Å²) in [6.45, 7) is 3.04. The maximum atomic E-state index is 10.8. The molecule has 2 aromatic rings. The van der Waals surface area contributed by atoms with Crippen molar-refractivity contribution in [1.29, 1.82) is 0 Å². The zero-order valence-electron chi connectivity index (χ0n) is 11.7. The molecule has 1 unspecified atom stereocenters. The van der Waals surface area contributed by atoms with Crippen LogP contribution < -0.4 is 4.90 Å². The molecule has 0 aliphatic carbocycles. The van der Waals surface area contributed by atoms with Gasteiger partial charge in [0.1, 0.15) is 0 Å². The molecule has 1 fully saturated rings. The molecule has 1 N–H and O–H groups in total. The van der Waals surface area contributed by atoms with Crippen LogP contribution in [0.25, 0.3) is 0 Å². The molecule has 0 aromatic carbocycles. The lowest BCUT2D eigenvalue weighted by Gasteiger charge is -2.38. The van der Waals surface area contributed by atoms with Crippen LogP contribution >= 0.6 is 15.9 Å². The van der Waals surface area contributed by atoms with Gasteiger partial charge in [0.25, 0.3) is 0 Å². The van der Waals surface area contributed by atoms with Gasteiger partial charge in [-0.2, -0.15) is 4.98 Å². The van der Waals surface area contributed by atoms with Crippen LogP contribution in [0.4, 0.5) is 5.95 Å². The summed E-state index contributed by atoms with van der Waals surface area (Å²) in [6, 6.07) is 0. The Labute approximate surface area is 130 Å². The smallest absolute Gasteiger partial charge is 0.229 e. The number of β-amino-alcohol motifs (C(OH)–C–C–N with tert-alkyl or cyclic N) is 1. The molecule has 112 valence electrons. The monoisotopic (exact) mass is 353 g/mol. The van der Waals surface area contributed by atoms with Crippen molar-refractivity contribution in [3.8, 4) is 0 Å². The van der Waals surface area contributed by atoms with E-state index < -0.39 is 5.60 Å². The van der Waals surface area contributed by atoms with E-state index in [0.29, 0.717) is 37.0 Å². The third-order valence-electron chi connectivity index (χ3n) is 3.49. The van der Waals surface area contributed by atoms with Crippen molar-refractivity contribution in [2.24, 2.45) is 0 Å². The molecule has 21 heavy (non-hydrogen) atoms. The zero-order valence-corrected chi connectivity index (χ0v) is 13.2. The first-order chi connectivity index (χ1) is 10.0. The Morgan fingerprint density at radius 1 is 1.43 bits per heavy atom. The standard InChI is InChI=1S/C13H16BrN5O2/c1-9-17-11(21-18-9)5-13(20)3-2-4-19(8-13)12-15-6-10(14)7-16-12/h6-7,20H,2-5,8H2,1H3. The Balaban J connectivity index is 1.73. The highest BCUT2D eigenvalue weighted by Gasteiger charge is 2.36. The van der Waals surface area contributed by atoms with Gasteiger partial charge in [0.05, 0.1) is 23.0 Å². The van der Waals surface area contributed by atoms with Gasteiger partial charge in [0, 0.05) is 18.9 Å². The van der Waals surface area contributed by atoms with Crippen molar-refractivity contribution in [3.05, 3.63) is 28.6 Å². The summed E-state index contributed by atoms with van der Waals surface area (Å²) in [7, 11) is 0. The Kier molecular flexibility index (Phi) is 3.90. The number of anilines is 1. The lowest BCUT2D eigenvalue weighted by atomic mass is 9.89. The average Bonchev–Trinajstić information content (AvgIpc) is 2.84. The molecule has 1 aliphatic heterocycles. The van der Waals surface area contributed by atoms with Crippen molar-refractivity contribution in [2.75, 3.05) is 18.0 Å². The Morgan fingerprint density at radius 3 is 2.86 bits per heavy atom. The highest BCUT2D eigenvalue weighted by Crippen LogP contribution is 2.27. The van der Waals surface area contributed by atoms with E-state index in [4.69, 9.17) is 4.52 Å². The van der Waals surface area contributed by atoms with Gasteiger partial charge in [-0.25, -0.2) is 9.97 Å². The minimum absolute atomic E-state index is 0.348. The summed E-state index contributed by atoms with van der Waals surface area (Å²) in [5.41, 5.74) is -0.895. The number of piperidine rings is 1. The van der Waals surface area contributed by atoms with Crippen molar-refractivity contribution < 1.29 is 9.63 Å². The van der Waals surface area contributed by atoms with E-state index in [1.54, 1.807) is 19.3 Å². The van der Waals surface area contributed by atoms with Crippen LogP contribution in [0.1, 0.15) is 24.6 Å². The van der Waals surface area contributed by atoms with Crippen LogP contribution in [0, 0.1) is 6.92 Å². The molecule has 3 heterocycles. The molecular weight excluding hydrogens is 338 g/mol. The zero-order chi connectivity index (χ0) is 14.9. The van der Waals surface area contributed by atoms with Crippen LogP contribution in [-0.2, 0) is 6.42 Å². The summed E-state index contributed by atoms with van der Waals surface area (Å²) in [4.78, 5) is 14.7. The summed E-state index contributed by atoms with van der Waals surface area (Å²) >= 11 is 3.32. The van der Waals surface area contributed by atoms with Crippen LogP contribution in [0.2, 0.25) is 0 Å². The first-order valence-corrected chi connectivity index (χ1v) is 7.57. The third-order valence-corrected chi connectivity index (χ3v) is 3.90. The van der Waals surface area contributed by atoms with Gasteiger partial charge in [0.2, 0.25) is 11.8 Å². The highest BCUT2D eigenvalue weighted by molar-refractivity contribution is 9.10. The quantitative estimate of drug-likeness (QED) is 0.894. The van der Waals surface area contributed by atoms with E-state index in [-0.39, 0.29) is 0 Å². The molecule has 3 rings (SSSR count). The second-order valence-corrected chi connectivity index (χ2v) is 6.28. The summed E-state index contributed by atoms with van der Waals surface area (Å²) < 4.78 is 5.95. The van der Waals surface area contributed by atoms with Gasteiger partial charge in [0.15, 0.2) is 5.82 Å². The van der Waals surface area contributed by atoms with E-state index in [1.807, 2.05) is 4.90 Å². The van der Waals surface area contributed by atoms with Gasteiger partial charge in [-0.1, -0.05) is 5.16 Å². The van der Waals surface area contributed by atoms with E-state index in [1.165, 1.54) is 0 Å². The fraction of sp³-hybridized carbons (Fsp3) is 0.538. The molecule has 0 amide bonds. The maximum Gasteiger partial charge on any atom is 0.229 e. The number of aromatic nitrogens is 4. The van der Waals surface area contributed by atoms with Crippen molar-refractivity contribution in [3.63, 3.8) is 0 Å². The first-order valence-electron chi connectivity index (χ1n) is 6.78. The SMILES string of the molecule is Cc1noc(CC2(O)CCCN(c3ncc(Br)cn3)C2)n1. The van der Waals surface area contributed by atoms with Gasteiger partial charge in [-0.3, -0.25) is 0 Å². The van der Waals surface area contributed by atoms with Crippen LogP contribution in [0.5, 0.6) is 0 Å². The lowest BCUT2D eigenvalue weighted by Crippen LogP contribution is -2.50. The van der Waals surface area contributed by atoms with Gasteiger partial charge >= 0.3 is 0 Å². The predicted molar refractivity (Wildman–Crippen MR) is 78.9 cm³/mol. The van der Waals surface area contributed by atoms with E-state index in [9.17, 15) is 5.11 Å². The van der Waals surface area contributed by atoms with Crippen LogP contribution in [0.3, 0.4) is 0 Å². The fourth-order valence-corrected chi connectivity index (χ4v) is 2.79. The first kappa shape index (κ1) is 14.4. The van der Waals surface area contributed by atoms with E-state index in [0.717, 1.165) is 17.4 Å². The van der Waals surface area contributed by atoms with Gasteiger partial charge in [-0.05, 0) is 35.7 Å². The van der Waals surface area contributed by atoms with E-state index >= 15 is 0 Å². The average molecular weight is 354 g/mol. The normalized spacial score (nSPS) is 22.5. The number of rotatable bonds is 3. The molecule has 0 radical (unpaired) electrons. The van der Waals surface area contributed by atoms with Crippen molar-refractivity contribution in [2.45, 2.75) is 31.8 Å². The number of hydrogen-bond donors (Lipinski definition) is 1. The largest absolute Gasteiger partial charge is 0.388 e. The second-order valence-electron chi connectivity index (χ2n) is 5.36. The molecule has 7 nitrogen and oxygen atoms in total. The number of aryl methyl sites for hydroxylation is 1. The third kappa shape index (κ3) is 3.38. The molecule has 2 aromatic heterocycles. The molecular formula is C13H16BrN5O2. The fourth-order valence-electron chi connectivity index (χ4n) is 2.59. The van der Waals surface area contributed by atoms with E-state index in [2.05, 4.69) is 36.0 Å². The van der Waals surface area contributed by atoms with Crippen LogP contribution in [0.15, 0.2) is 21.4 Å². The number of aliphatic hydroxyl groups is 1. The minimum atomic E-state index is -0.895. The molecule has 0 saturated carbocycles. The molecule has 1 saturated heterocycles. The Bertz CT molecular complexity index is 617. The summed E-state index contributed by atoms with van der Waals surface area (Å²) in [6.07, 6.45) is 5.32. The topological polar surface area (TPSA) is 88.2 Å². The minimum Gasteiger partial charge on any atom is -0.388 e. The van der Waals surface area contributed by atoms with Crippen LogP contribution in [-0.4, -0.2) is 43.9 Å². The summed E-state index contributed by atoms with van der Waals surface area (Å²) in [5.74, 6) is 1.67. The highest BCUT2D eigenvalue weighted by atomic mass is 79.9. The molecule has 1 atom stereocenters. The number of nitrogens with zero attached hydrogens (tertiary/aromatic N) is 5. The number of hydrogen-bond acceptors (Lipinski definition) is 7. The molecule has 0 bridgehead atoms. The number of halogens is 1. The van der Waals surface area contributed by atoms with Crippen molar-refractivity contribution in [1.82, 2.24) is 20.1 Å². The molecule has 0 spiro atoms. The second kappa shape index (κ2) is 5.69.